The van der Waals surface area contributed by atoms with Crippen LogP contribution in [0.2, 0.25) is 0 Å². The molecule has 0 aliphatic carbocycles. The van der Waals surface area contributed by atoms with Gasteiger partial charge in [0.05, 0.1) is 11.4 Å². The standard InChI is InChI=1S/C11H17N3O3/c1-7-10(11(16)17)8(2)14(12-7)6-5-9(15)13(3)4/h5-6H2,1-4H3,(H,16,17). The highest BCUT2D eigenvalue weighted by molar-refractivity contribution is 5.90. The number of aryl methyl sites for hydroxylation is 2. The summed E-state index contributed by atoms with van der Waals surface area (Å²) in [7, 11) is 3.37. The van der Waals surface area contributed by atoms with Crippen molar-refractivity contribution in [2.75, 3.05) is 14.1 Å². The SMILES string of the molecule is Cc1nn(CCC(=O)N(C)C)c(C)c1C(=O)O. The number of rotatable bonds is 4. The lowest BCUT2D eigenvalue weighted by Gasteiger charge is -2.10. The van der Waals surface area contributed by atoms with E-state index in [0.29, 0.717) is 24.4 Å². The Bertz CT molecular complexity index is 449. The molecule has 0 saturated heterocycles. The first kappa shape index (κ1) is 13.2. The second-order valence-corrected chi connectivity index (χ2v) is 4.11. The van der Waals surface area contributed by atoms with Crippen LogP contribution in [-0.2, 0) is 11.3 Å². The first-order chi connectivity index (χ1) is 7.84. The zero-order chi connectivity index (χ0) is 13.2. The molecule has 1 aromatic rings. The van der Waals surface area contributed by atoms with E-state index in [1.54, 1.807) is 32.6 Å². The molecule has 17 heavy (non-hydrogen) atoms. The molecule has 0 aliphatic heterocycles. The third-order valence-electron chi connectivity index (χ3n) is 2.63. The molecule has 1 amide bonds. The summed E-state index contributed by atoms with van der Waals surface area (Å²) in [6.45, 7) is 3.75. The monoisotopic (exact) mass is 239 g/mol. The van der Waals surface area contributed by atoms with Crippen molar-refractivity contribution in [1.29, 1.82) is 0 Å². The van der Waals surface area contributed by atoms with E-state index in [1.165, 1.54) is 4.90 Å². The minimum Gasteiger partial charge on any atom is -0.478 e. The number of carbonyl (C=O) groups is 2. The third-order valence-corrected chi connectivity index (χ3v) is 2.63. The Kier molecular flexibility index (Phi) is 3.88. The summed E-state index contributed by atoms with van der Waals surface area (Å²) < 4.78 is 1.57. The first-order valence-electron chi connectivity index (χ1n) is 5.32. The molecule has 0 saturated carbocycles. The Morgan fingerprint density at radius 2 is 1.94 bits per heavy atom. The van der Waals surface area contributed by atoms with E-state index in [2.05, 4.69) is 5.10 Å². The molecule has 1 rings (SSSR count). The molecule has 6 heteroatoms. The van der Waals surface area contributed by atoms with Gasteiger partial charge in [-0.1, -0.05) is 0 Å². The van der Waals surface area contributed by atoms with Crippen molar-refractivity contribution in [3.63, 3.8) is 0 Å². The maximum atomic E-state index is 11.4. The van der Waals surface area contributed by atoms with Crippen LogP contribution in [0.25, 0.3) is 0 Å². The average Bonchev–Trinajstić information content (AvgIpc) is 2.50. The number of hydrogen-bond acceptors (Lipinski definition) is 3. The normalized spacial score (nSPS) is 10.4. The summed E-state index contributed by atoms with van der Waals surface area (Å²) in [6.07, 6.45) is 0.314. The molecule has 6 nitrogen and oxygen atoms in total. The van der Waals surface area contributed by atoms with Crippen molar-refractivity contribution in [1.82, 2.24) is 14.7 Å². The summed E-state index contributed by atoms with van der Waals surface area (Å²) in [5.74, 6) is -0.986. The van der Waals surface area contributed by atoms with Crippen molar-refractivity contribution >= 4 is 11.9 Å². The van der Waals surface area contributed by atoms with Crippen LogP contribution in [0.15, 0.2) is 0 Å². The third kappa shape index (κ3) is 2.83. The molecular formula is C11H17N3O3. The van der Waals surface area contributed by atoms with Crippen LogP contribution < -0.4 is 0 Å². The number of amides is 1. The van der Waals surface area contributed by atoms with Gasteiger partial charge in [0.25, 0.3) is 0 Å². The predicted octanol–water partition coefficient (Wildman–Crippen LogP) is 0.676. The number of carbonyl (C=O) groups excluding carboxylic acids is 1. The van der Waals surface area contributed by atoms with Crippen molar-refractivity contribution in [2.45, 2.75) is 26.8 Å². The van der Waals surface area contributed by atoms with Crippen molar-refractivity contribution in [3.05, 3.63) is 17.0 Å². The first-order valence-corrected chi connectivity index (χ1v) is 5.32. The maximum Gasteiger partial charge on any atom is 0.339 e. The van der Waals surface area contributed by atoms with Crippen LogP contribution in [0.1, 0.15) is 28.2 Å². The van der Waals surface area contributed by atoms with E-state index < -0.39 is 5.97 Å². The number of hydrogen-bond donors (Lipinski definition) is 1. The number of carboxylic acid groups (broad SMARTS) is 1. The summed E-state index contributed by atoms with van der Waals surface area (Å²) in [5, 5.41) is 13.1. The van der Waals surface area contributed by atoms with Crippen molar-refractivity contribution in [2.24, 2.45) is 0 Å². The Morgan fingerprint density at radius 1 is 1.35 bits per heavy atom. The van der Waals surface area contributed by atoms with Crippen LogP contribution in [0, 0.1) is 13.8 Å². The average molecular weight is 239 g/mol. The fraction of sp³-hybridized carbons (Fsp3) is 0.545. The summed E-state index contributed by atoms with van der Waals surface area (Å²) in [6, 6.07) is 0. The maximum absolute atomic E-state index is 11.4. The molecule has 94 valence electrons. The van der Waals surface area contributed by atoms with Gasteiger partial charge >= 0.3 is 5.97 Å². The van der Waals surface area contributed by atoms with Crippen LogP contribution in [0.5, 0.6) is 0 Å². The summed E-state index contributed by atoms with van der Waals surface area (Å²) >= 11 is 0. The molecule has 0 spiro atoms. The fourth-order valence-corrected chi connectivity index (χ4v) is 1.65. The predicted molar refractivity (Wildman–Crippen MR) is 62.0 cm³/mol. The molecule has 1 aromatic heterocycles. The number of nitrogens with zero attached hydrogens (tertiary/aromatic N) is 3. The summed E-state index contributed by atoms with van der Waals surface area (Å²) in [5.41, 5.74) is 1.29. The van der Waals surface area contributed by atoms with Crippen molar-refractivity contribution in [3.8, 4) is 0 Å². The van der Waals surface area contributed by atoms with Gasteiger partial charge in [-0.15, -0.1) is 0 Å². The molecule has 0 unspecified atom stereocenters. The Labute approximate surface area is 99.8 Å². The van der Waals surface area contributed by atoms with E-state index in [1.807, 2.05) is 0 Å². The van der Waals surface area contributed by atoms with Gasteiger partial charge in [0, 0.05) is 27.1 Å². The molecule has 1 N–H and O–H groups in total. The van der Waals surface area contributed by atoms with E-state index in [-0.39, 0.29) is 11.5 Å². The molecule has 0 atom stereocenters. The van der Waals surface area contributed by atoms with Gasteiger partial charge in [0.2, 0.25) is 5.91 Å². The lowest BCUT2D eigenvalue weighted by molar-refractivity contribution is -0.128. The summed E-state index contributed by atoms with van der Waals surface area (Å²) in [4.78, 5) is 23.9. The largest absolute Gasteiger partial charge is 0.478 e. The molecular weight excluding hydrogens is 222 g/mol. The van der Waals surface area contributed by atoms with Gasteiger partial charge in [-0.3, -0.25) is 9.48 Å². The number of carboxylic acids is 1. The van der Waals surface area contributed by atoms with Crippen LogP contribution in [0.3, 0.4) is 0 Å². The second-order valence-electron chi connectivity index (χ2n) is 4.11. The highest BCUT2D eigenvalue weighted by Crippen LogP contribution is 2.13. The zero-order valence-electron chi connectivity index (χ0n) is 10.5. The van der Waals surface area contributed by atoms with Crippen LogP contribution >= 0.6 is 0 Å². The van der Waals surface area contributed by atoms with Crippen LogP contribution in [-0.4, -0.2) is 45.8 Å². The van der Waals surface area contributed by atoms with Gasteiger partial charge < -0.3 is 10.0 Å². The van der Waals surface area contributed by atoms with E-state index in [4.69, 9.17) is 5.11 Å². The molecule has 0 fully saturated rings. The van der Waals surface area contributed by atoms with Gasteiger partial charge in [-0.2, -0.15) is 5.10 Å². The fourth-order valence-electron chi connectivity index (χ4n) is 1.65. The minimum absolute atomic E-state index is 0.00516. The highest BCUT2D eigenvalue weighted by Gasteiger charge is 2.17. The molecule has 0 bridgehead atoms. The Hall–Kier alpha value is -1.85. The van der Waals surface area contributed by atoms with E-state index in [0.717, 1.165) is 0 Å². The lowest BCUT2D eigenvalue weighted by Crippen LogP contribution is -2.23. The molecule has 0 aliphatic rings. The number of aromatic nitrogens is 2. The Balaban J connectivity index is 2.83. The molecule has 1 heterocycles. The molecule has 0 aromatic carbocycles. The smallest absolute Gasteiger partial charge is 0.339 e. The quantitative estimate of drug-likeness (QED) is 0.838. The second kappa shape index (κ2) is 4.99. The highest BCUT2D eigenvalue weighted by atomic mass is 16.4. The van der Waals surface area contributed by atoms with Gasteiger partial charge in [0.1, 0.15) is 5.56 Å². The zero-order valence-corrected chi connectivity index (χ0v) is 10.5. The van der Waals surface area contributed by atoms with E-state index in [9.17, 15) is 9.59 Å². The topological polar surface area (TPSA) is 75.4 Å². The van der Waals surface area contributed by atoms with Crippen molar-refractivity contribution < 1.29 is 14.7 Å². The molecule has 0 radical (unpaired) electrons. The minimum atomic E-state index is -0.981. The van der Waals surface area contributed by atoms with Gasteiger partial charge in [-0.05, 0) is 13.8 Å². The van der Waals surface area contributed by atoms with Gasteiger partial charge in [0.15, 0.2) is 0 Å². The number of aromatic carboxylic acids is 1. The Morgan fingerprint density at radius 3 is 2.35 bits per heavy atom. The van der Waals surface area contributed by atoms with Crippen LogP contribution in [0.4, 0.5) is 0 Å². The van der Waals surface area contributed by atoms with Gasteiger partial charge in [-0.25, -0.2) is 4.79 Å². The van der Waals surface area contributed by atoms with E-state index >= 15 is 0 Å². The lowest BCUT2D eigenvalue weighted by atomic mass is 10.2.